The van der Waals surface area contributed by atoms with Crippen LogP contribution < -0.4 is 4.74 Å². The summed E-state index contributed by atoms with van der Waals surface area (Å²) in [5.74, 6) is -7.79. The topological polar surface area (TPSA) is 9.23 Å². The van der Waals surface area contributed by atoms with Crippen LogP contribution in [-0.2, 0) is 6.11 Å². The molecule has 0 N–H and O–H groups in total. The maximum Gasteiger partial charge on any atom is 0.432 e. The number of halogens is 7. The summed E-state index contributed by atoms with van der Waals surface area (Å²) >= 11 is 0. The van der Waals surface area contributed by atoms with Crippen LogP contribution in [0.5, 0.6) is 5.75 Å². The lowest BCUT2D eigenvalue weighted by atomic mass is 9.77. The van der Waals surface area contributed by atoms with Gasteiger partial charge in [-0.3, -0.25) is 0 Å². The molecule has 0 amide bonds. The van der Waals surface area contributed by atoms with Gasteiger partial charge in [0.05, 0.1) is 0 Å². The maximum absolute atomic E-state index is 15.1. The van der Waals surface area contributed by atoms with Crippen LogP contribution in [0.4, 0.5) is 30.7 Å². The summed E-state index contributed by atoms with van der Waals surface area (Å²) in [7, 11) is 0. The van der Waals surface area contributed by atoms with Gasteiger partial charge < -0.3 is 4.74 Å². The van der Waals surface area contributed by atoms with E-state index in [9.17, 15) is 22.0 Å². The van der Waals surface area contributed by atoms with E-state index in [0.717, 1.165) is 56.7 Å². The van der Waals surface area contributed by atoms with Gasteiger partial charge in [-0.05, 0) is 79.0 Å². The quantitative estimate of drug-likeness (QED) is 0.227. The minimum atomic E-state index is -4.45. The van der Waals surface area contributed by atoms with Crippen LogP contribution in [-0.4, -0.2) is 0 Å². The lowest BCUT2D eigenvalue weighted by Crippen LogP contribution is -2.26. The fraction of sp³-hybridized carbons (Fsp3) is 0.357. The SMILES string of the molecule is CCCC1CCC(c2cc(F)c(C(F)(F)Oc3ccccc3-c3cc(F)c(F)c(F)c3)c(F)c2)CC1. The molecule has 1 saturated carbocycles. The van der Waals surface area contributed by atoms with Crippen molar-refractivity contribution in [3.05, 3.63) is 88.7 Å². The summed E-state index contributed by atoms with van der Waals surface area (Å²) < 4.78 is 105. The molecule has 4 rings (SSSR count). The summed E-state index contributed by atoms with van der Waals surface area (Å²) in [5.41, 5.74) is -1.72. The van der Waals surface area contributed by atoms with Crippen molar-refractivity contribution in [2.24, 2.45) is 5.92 Å². The van der Waals surface area contributed by atoms with Crippen molar-refractivity contribution in [2.45, 2.75) is 57.5 Å². The second-order valence-corrected chi connectivity index (χ2v) is 9.23. The van der Waals surface area contributed by atoms with E-state index in [-0.39, 0.29) is 17.0 Å². The van der Waals surface area contributed by atoms with Crippen molar-refractivity contribution in [3.8, 4) is 16.9 Å². The summed E-state index contributed by atoms with van der Waals surface area (Å²) in [6.45, 7) is 2.10. The number of benzene rings is 3. The first kappa shape index (κ1) is 26.0. The van der Waals surface area contributed by atoms with Crippen LogP contribution in [0.1, 0.15) is 62.5 Å². The lowest BCUT2D eigenvalue weighted by molar-refractivity contribution is -0.189. The molecule has 0 saturated heterocycles. The van der Waals surface area contributed by atoms with Gasteiger partial charge in [-0.2, -0.15) is 8.78 Å². The largest absolute Gasteiger partial charge is 0.432 e. The van der Waals surface area contributed by atoms with E-state index in [0.29, 0.717) is 23.6 Å². The highest BCUT2D eigenvalue weighted by Gasteiger charge is 2.42. The molecule has 0 spiro atoms. The van der Waals surface area contributed by atoms with Gasteiger partial charge in [0.15, 0.2) is 17.5 Å². The van der Waals surface area contributed by atoms with Crippen LogP contribution in [0, 0.1) is 35.0 Å². The molecular formula is C28H25F7O. The zero-order valence-electron chi connectivity index (χ0n) is 19.6. The molecule has 36 heavy (non-hydrogen) atoms. The van der Waals surface area contributed by atoms with Gasteiger partial charge in [0.1, 0.15) is 22.9 Å². The highest BCUT2D eigenvalue weighted by molar-refractivity contribution is 5.70. The third kappa shape index (κ3) is 5.37. The number of para-hydroxylation sites is 1. The van der Waals surface area contributed by atoms with Crippen molar-refractivity contribution < 1.29 is 35.5 Å². The predicted molar refractivity (Wildman–Crippen MR) is 122 cm³/mol. The van der Waals surface area contributed by atoms with Crippen molar-refractivity contribution >= 4 is 0 Å². The van der Waals surface area contributed by atoms with Gasteiger partial charge >= 0.3 is 6.11 Å². The maximum atomic E-state index is 15.1. The molecule has 0 atom stereocenters. The zero-order valence-corrected chi connectivity index (χ0v) is 19.6. The molecule has 0 heterocycles. The fourth-order valence-electron chi connectivity index (χ4n) is 4.99. The smallest absolute Gasteiger partial charge is 0.428 e. The van der Waals surface area contributed by atoms with Gasteiger partial charge in [0.25, 0.3) is 0 Å². The van der Waals surface area contributed by atoms with Crippen molar-refractivity contribution in [1.29, 1.82) is 0 Å². The zero-order chi connectivity index (χ0) is 26.0. The summed E-state index contributed by atoms with van der Waals surface area (Å²) in [4.78, 5) is 0. The van der Waals surface area contributed by atoms with E-state index < -0.39 is 46.5 Å². The van der Waals surface area contributed by atoms with Crippen LogP contribution >= 0.6 is 0 Å². The normalized spacial score (nSPS) is 18.3. The molecule has 8 heteroatoms. The molecule has 1 aliphatic rings. The monoisotopic (exact) mass is 510 g/mol. The fourth-order valence-corrected chi connectivity index (χ4v) is 4.99. The highest BCUT2D eigenvalue weighted by Crippen LogP contribution is 2.42. The molecule has 1 nitrogen and oxygen atoms in total. The molecule has 0 aliphatic heterocycles. The van der Waals surface area contributed by atoms with Crippen molar-refractivity contribution in [2.75, 3.05) is 0 Å². The third-order valence-corrected chi connectivity index (χ3v) is 6.79. The van der Waals surface area contributed by atoms with Gasteiger partial charge in [-0.25, -0.2) is 22.0 Å². The van der Waals surface area contributed by atoms with E-state index in [1.165, 1.54) is 18.2 Å². The van der Waals surface area contributed by atoms with E-state index in [1.807, 2.05) is 0 Å². The van der Waals surface area contributed by atoms with Crippen molar-refractivity contribution in [1.82, 2.24) is 0 Å². The van der Waals surface area contributed by atoms with Gasteiger partial charge in [-0.15, -0.1) is 0 Å². The summed E-state index contributed by atoms with van der Waals surface area (Å²) in [6.07, 6.45) is 1.02. The number of ether oxygens (including phenoxy) is 1. The Kier molecular flexibility index (Phi) is 7.62. The first-order valence-electron chi connectivity index (χ1n) is 11.9. The van der Waals surface area contributed by atoms with Gasteiger partial charge in [-0.1, -0.05) is 38.0 Å². The molecular weight excluding hydrogens is 485 g/mol. The first-order chi connectivity index (χ1) is 17.1. The molecule has 3 aromatic rings. The molecule has 3 aromatic carbocycles. The van der Waals surface area contributed by atoms with E-state index in [4.69, 9.17) is 4.74 Å². The Balaban J connectivity index is 1.61. The van der Waals surface area contributed by atoms with Crippen LogP contribution in [0.3, 0.4) is 0 Å². The summed E-state index contributed by atoms with van der Waals surface area (Å²) in [6, 6.07) is 8.03. The van der Waals surface area contributed by atoms with E-state index >= 15 is 8.78 Å². The van der Waals surface area contributed by atoms with Crippen LogP contribution in [0.15, 0.2) is 48.5 Å². The van der Waals surface area contributed by atoms with Crippen LogP contribution in [0.2, 0.25) is 0 Å². The molecule has 1 aliphatic carbocycles. The first-order valence-corrected chi connectivity index (χ1v) is 11.9. The number of rotatable bonds is 7. The summed E-state index contributed by atoms with van der Waals surface area (Å²) in [5, 5.41) is 0. The van der Waals surface area contributed by atoms with E-state index in [2.05, 4.69) is 6.92 Å². The minimum Gasteiger partial charge on any atom is -0.428 e. The molecule has 0 unspecified atom stereocenters. The Morgan fingerprint density at radius 1 is 0.806 bits per heavy atom. The van der Waals surface area contributed by atoms with Crippen LogP contribution in [0.25, 0.3) is 11.1 Å². The number of hydrogen-bond donors (Lipinski definition) is 0. The molecule has 0 radical (unpaired) electrons. The van der Waals surface area contributed by atoms with Crippen molar-refractivity contribution in [3.63, 3.8) is 0 Å². The molecule has 1 fully saturated rings. The second-order valence-electron chi connectivity index (χ2n) is 9.23. The number of hydrogen-bond acceptors (Lipinski definition) is 1. The third-order valence-electron chi connectivity index (χ3n) is 6.79. The Labute approximate surface area is 204 Å². The Morgan fingerprint density at radius 2 is 1.39 bits per heavy atom. The average molecular weight is 510 g/mol. The molecule has 0 aromatic heterocycles. The standard InChI is InChI=1S/C28H25F7O/c1-2-5-16-8-10-17(11-9-16)18-12-21(29)26(22(30)13-18)28(34,35)36-25-7-4-3-6-20(25)19-14-23(31)27(33)24(32)15-19/h3-4,6-7,12-17H,2,5,8-11H2,1H3. The predicted octanol–water partition coefficient (Wildman–Crippen LogP) is 9.25. The van der Waals surface area contributed by atoms with Gasteiger partial charge in [0, 0.05) is 5.56 Å². The molecule has 192 valence electrons. The van der Waals surface area contributed by atoms with Gasteiger partial charge in [0.2, 0.25) is 0 Å². The van der Waals surface area contributed by atoms with E-state index in [1.54, 1.807) is 0 Å². The Morgan fingerprint density at radius 3 is 1.97 bits per heavy atom. The Bertz CT molecular complexity index is 1190. The Hall–Kier alpha value is -3.03. The second kappa shape index (κ2) is 10.5. The lowest BCUT2D eigenvalue weighted by Gasteiger charge is -2.29. The molecule has 0 bridgehead atoms. The average Bonchev–Trinajstić information content (AvgIpc) is 2.82. The number of alkyl halides is 2. The highest BCUT2D eigenvalue weighted by atomic mass is 19.3. The minimum absolute atomic E-state index is 0.116.